The highest BCUT2D eigenvalue weighted by atomic mass is 31.1. The molecule has 0 saturated heterocycles. The highest BCUT2D eigenvalue weighted by molar-refractivity contribution is 7.76. The van der Waals surface area contributed by atoms with Gasteiger partial charge in [-0.25, -0.2) is 0 Å². The lowest BCUT2D eigenvalue weighted by atomic mass is 9.99. The van der Waals surface area contributed by atoms with Crippen LogP contribution in [0.3, 0.4) is 0 Å². The first-order chi connectivity index (χ1) is 17.4. The van der Waals surface area contributed by atoms with Crippen LogP contribution in [0.2, 0.25) is 0 Å². The number of nitrogens with zero attached hydrogens (tertiary/aromatic N) is 2. The van der Waals surface area contributed by atoms with E-state index in [4.69, 9.17) is 9.98 Å². The van der Waals surface area contributed by atoms with Gasteiger partial charge in [0.1, 0.15) is 0 Å². The van der Waals surface area contributed by atoms with Crippen molar-refractivity contribution in [2.75, 3.05) is 5.32 Å². The number of anilines is 1. The van der Waals surface area contributed by atoms with Crippen LogP contribution in [-0.4, -0.2) is 28.6 Å². The summed E-state index contributed by atoms with van der Waals surface area (Å²) in [7, 11) is -0.176. The van der Waals surface area contributed by atoms with Crippen molar-refractivity contribution in [1.82, 2.24) is 0 Å². The average molecular weight is 506 g/mol. The number of aliphatic imine (C=N–C) groups is 2. The molecule has 2 aromatic carbocycles. The van der Waals surface area contributed by atoms with E-state index in [1.807, 2.05) is 0 Å². The number of rotatable bonds is 8. The minimum absolute atomic E-state index is 0.176. The van der Waals surface area contributed by atoms with Crippen molar-refractivity contribution in [3.8, 4) is 0 Å². The number of hydrogen-bond donors (Lipinski definition) is 1. The van der Waals surface area contributed by atoms with Crippen molar-refractivity contribution in [3.05, 3.63) is 36.4 Å². The molecule has 0 unspecified atom stereocenters. The van der Waals surface area contributed by atoms with Crippen molar-refractivity contribution in [1.29, 1.82) is 0 Å². The maximum absolute atomic E-state index is 5.56. The fourth-order valence-electron chi connectivity index (χ4n) is 6.21. The first-order valence-electron chi connectivity index (χ1n) is 14.6. The number of hydrogen-bond acceptors (Lipinski definition) is 2. The second-order valence-electron chi connectivity index (χ2n) is 11.8. The average Bonchev–Trinajstić information content (AvgIpc) is 2.85. The van der Waals surface area contributed by atoms with Crippen LogP contribution in [0.25, 0.3) is 10.8 Å². The zero-order chi connectivity index (χ0) is 25.5. The van der Waals surface area contributed by atoms with Gasteiger partial charge in [0.2, 0.25) is 0 Å². The zero-order valence-corrected chi connectivity index (χ0v) is 24.3. The molecule has 1 N–H and O–H groups in total. The highest BCUT2D eigenvalue weighted by Gasteiger charge is 2.34. The Kier molecular flexibility index (Phi) is 10.00. The summed E-state index contributed by atoms with van der Waals surface area (Å²) in [6, 6.07) is 13.6. The van der Waals surface area contributed by atoms with Crippen molar-refractivity contribution in [2.45, 2.75) is 123 Å². The van der Waals surface area contributed by atoms with Crippen LogP contribution in [0.1, 0.15) is 105 Å². The fourth-order valence-corrected chi connectivity index (χ4v) is 10.3. The maximum atomic E-state index is 5.56. The van der Waals surface area contributed by atoms with Gasteiger partial charge in [-0.15, -0.1) is 0 Å². The van der Waals surface area contributed by atoms with Crippen LogP contribution < -0.4 is 5.32 Å². The van der Waals surface area contributed by atoms with Crippen molar-refractivity contribution in [2.24, 2.45) is 15.9 Å². The molecule has 0 radical (unpaired) electrons. The molecular formula is C32H48N3P. The van der Waals surface area contributed by atoms with E-state index in [1.54, 1.807) is 5.45 Å². The van der Waals surface area contributed by atoms with Crippen molar-refractivity contribution in [3.63, 3.8) is 0 Å². The Hall–Kier alpha value is -1.73. The first kappa shape index (κ1) is 27.3. The van der Waals surface area contributed by atoms with Crippen LogP contribution >= 0.6 is 7.92 Å². The Labute approximate surface area is 221 Å². The molecule has 196 valence electrons. The summed E-state index contributed by atoms with van der Waals surface area (Å²) in [6.07, 6.45) is 15.4. The van der Waals surface area contributed by atoms with Gasteiger partial charge in [-0.3, -0.25) is 9.98 Å². The lowest BCUT2D eigenvalue weighted by molar-refractivity contribution is 0.487. The minimum Gasteiger partial charge on any atom is -0.344 e. The Morgan fingerprint density at radius 3 is 2.11 bits per heavy atom. The SMILES string of the molecule is CC(=NC(C)C)Nc1cccc2ccc(N=C(CC(C)C)P(C3CCCCC3)C3CCCCC3)cc12. The third kappa shape index (κ3) is 7.41. The molecule has 0 atom stereocenters. The van der Waals surface area contributed by atoms with E-state index in [0.29, 0.717) is 5.92 Å². The van der Waals surface area contributed by atoms with Crippen LogP contribution in [0, 0.1) is 5.92 Å². The van der Waals surface area contributed by atoms with E-state index in [1.165, 1.54) is 75.0 Å². The summed E-state index contributed by atoms with van der Waals surface area (Å²) in [5.74, 6) is 1.61. The molecular weight excluding hydrogens is 457 g/mol. The van der Waals surface area contributed by atoms with Crippen LogP contribution in [0.5, 0.6) is 0 Å². The van der Waals surface area contributed by atoms with Gasteiger partial charge in [0.25, 0.3) is 0 Å². The summed E-state index contributed by atoms with van der Waals surface area (Å²) in [6.45, 7) is 11.1. The van der Waals surface area contributed by atoms with Gasteiger partial charge in [-0.05, 0) is 93.7 Å². The number of benzene rings is 2. The summed E-state index contributed by atoms with van der Waals surface area (Å²) < 4.78 is 0. The van der Waals surface area contributed by atoms with Gasteiger partial charge in [-0.1, -0.05) is 78.5 Å². The summed E-state index contributed by atoms with van der Waals surface area (Å²) in [5.41, 5.74) is 5.59. The second-order valence-corrected chi connectivity index (χ2v) is 14.6. The fraction of sp³-hybridized carbons (Fsp3) is 0.625. The molecule has 4 heteroatoms. The van der Waals surface area contributed by atoms with E-state index in [0.717, 1.165) is 34.9 Å². The highest BCUT2D eigenvalue weighted by Crippen LogP contribution is 2.58. The van der Waals surface area contributed by atoms with Gasteiger partial charge in [0.05, 0.1) is 11.5 Å². The molecule has 0 spiro atoms. The summed E-state index contributed by atoms with van der Waals surface area (Å²) >= 11 is 0. The summed E-state index contributed by atoms with van der Waals surface area (Å²) in [5, 5.41) is 6.05. The van der Waals surface area contributed by atoms with Crippen molar-refractivity contribution < 1.29 is 0 Å². The van der Waals surface area contributed by atoms with E-state index in [-0.39, 0.29) is 14.0 Å². The molecule has 0 heterocycles. The first-order valence-corrected chi connectivity index (χ1v) is 16.1. The molecule has 2 aliphatic carbocycles. The molecule has 0 aliphatic heterocycles. The molecule has 4 rings (SSSR count). The van der Waals surface area contributed by atoms with E-state index in [9.17, 15) is 0 Å². The largest absolute Gasteiger partial charge is 0.344 e. The van der Waals surface area contributed by atoms with Crippen molar-refractivity contribution >= 4 is 41.4 Å². The normalized spacial score (nSPS) is 19.1. The molecule has 0 aromatic heterocycles. The molecule has 0 amide bonds. The number of nitrogens with one attached hydrogen (secondary N) is 1. The van der Waals surface area contributed by atoms with Crippen LogP contribution in [-0.2, 0) is 0 Å². The molecule has 0 bridgehead atoms. The van der Waals surface area contributed by atoms with E-state index < -0.39 is 0 Å². The van der Waals surface area contributed by atoms with E-state index in [2.05, 4.69) is 76.3 Å². The predicted molar refractivity (Wildman–Crippen MR) is 163 cm³/mol. The number of amidine groups is 1. The Morgan fingerprint density at radius 1 is 0.889 bits per heavy atom. The zero-order valence-electron chi connectivity index (χ0n) is 23.4. The lowest BCUT2D eigenvalue weighted by Gasteiger charge is -2.39. The quantitative estimate of drug-likeness (QED) is 0.216. The molecule has 2 saturated carbocycles. The Morgan fingerprint density at radius 2 is 1.53 bits per heavy atom. The smallest absolute Gasteiger partial charge is 0.0978 e. The molecule has 2 aliphatic rings. The third-order valence-corrected chi connectivity index (χ3v) is 11.2. The second kappa shape index (κ2) is 13.2. The van der Waals surface area contributed by atoms with Gasteiger partial charge in [0, 0.05) is 22.6 Å². The molecule has 2 aromatic rings. The van der Waals surface area contributed by atoms with Gasteiger partial charge >= 0.3 is 0 Å². The van der Waals surface area contributed by atoms with Crippen LogP contribution in [0.15, 0.2) is 46.4 Å². The van der Waals surface area contributed by atoms with Gasteiger partial charge in [0.15, 0.2) is 0 Å². The van der Waals surface area contributed by atoms with Crippen LogP contribution in [0.4, 0.5) is 11.4 Å². The molecule has 36 heavy (non-hydrogen) atoms. The molecule has 2 fully saturated rings. The number of fused-ring (bicyclic) bond motifs is 1. The molecule has 3 nitrogen and oxygen atoms in total. The topological polar surface area (TPSA) is 36.8 Å². The third-order valence-electron chi connectivity index (χ3n) is 7.72. The monoisotopic (exact) mass is 505 g/mol. The lowest BCUT2D eigenvalue weighted by Crippen LogP contribution is -2.25. The van der Waals surface area contributed by atoms with E-state index >= 15 is 0 Å². The summed E-state index contributed by atoms with van der Waals surface area (Å²) in [4.78, 5) is 10.2. The standard InChI is InChI=1S/C32H48N3P/c1-23(2)21-32(36(28-14-8-6-9-15-28)29-16-10-7-11-17-29)35-27-20-19-26-13-12-18-31(30(26)22-27)34-25(5)33-24(3)4/h12-13,18-20,22-24,28-29H,6-11,14-17,21H2,1-5H3,(H,33,34). The van der Waals surface area contributed by atoms with Gasteiger partial charge in [-0.2, -0.15) is 0 Å². The predicted octanol–water partition coefficient (Wildman–Crippen LogP) is 10.3. The Bertz CT molecular complexity index is 1020. The maximum Gasteiger partial charge on any atom is 0.0978 e. The van der Waals surface area contributed by atoms with Gasteiger partial charge < -0.3 is 5.32 Å². The minimum atomic E-state index is -0.176. The Balaban J connectivity index is 1.73.